The lowest BCUT2D eigenvalue weighted by atomic mass is 10.0. The third-order valence-electron chi connectivity index (χ3n) is 3.58. The van der Waals surface area contributed by atoms with Crippen LogP contribution in [0.25, 0.3) is 17.1 Å². The molecule has 0 amide bonds. The van der Waals surface area contributed by atoms with E-state index in [-0.39, 0.29) is 0 Å². The van der Waals surface area contributed by atoms with Gasteiger partial charge in [0.05, 0.1) is 16.5 Å². The summed E-state index contributed by atoms with van der Waals surface area (Å²) in [6.45, 7) is 4.28. The van der Waals surface area contributed by atoms with Crippen LogP contribution in [0, 0.1) is 0 Å². The molecule has 0 aliphatic heterocycles. The number of aromatic amines is 1. The number of pyridine rings is 1. The molecule has 0 aliphatic carbocycles. The van der Waals surface area contributed by atoms with Crippen LogP contribution in [-0.2, 0) is 12.8 Å². The van der Waals surface area contributed by atoms with Crippen molar-refractivity contribution in [1.82, 2.24) is 20.6 Å². The van der Waals surface area contributed by atoms with E-state index in [1.165, 1.54) is 22.5 Å². The number of rotatable bonds is 4. The van der Waals surface area contributed by atoms with Gasteiger partial charge >= 0.3 is 5.95 Å². The van der Waals surface area contributed by atoms with Gasteiger partial charge in [-0.15, -0.1) is 0 Å². The highest BCUT2D eigenvalue weighted by atomic mass is 15.5. The third kappa shape index (κ3) is 2.54. The smallest absolute Gasteiger partial charge is 0.197 e. The van der Waals surface area contributed by atoms with Crippen LogP contribution in [0.15, 0.2) is 42.5 Å². The molecule has 0 bridgehead atoms. The zero-order valence-corrected chi connectivity index (χ0v) is 12.2. The number of hydrogen-bond acceptors (Lipinski definition) is 3. The first-order chi connectivity index (χ1) is 10.3. The van der Waals surface area contributed by atoms with E-state index in [0.717, 1.165) is 12.8 Å². The van der Waals surface area contributed by atoms with Crippen LogP contribution in [0.3, 0.4) is 0 Å². The zero-order valence-electron chi connectivity index (χ0n) is 12.2. The molecule has 0 spiro atoms. The predicted octanol–water partition coefficient (Wildman–Crippen LogP) is 2.27. The maximum atomic E-state index is 4.12. The minimum absolute atomic E-state index is 0.600. The van der Waals surface area contributed by atoms with E-state index in [9.17, 15) is 0 Å². The number of nitrogens with zero attached hydrogens (tertiary/aromatic N) is 4. The molecule has 5 heteroatoms. The van der Waals surface area contributed by atoms with Gasteiger partial charge in [0.2, 0.25) is 0 Å². The molecule has 0 aliphatic rings. The lowest BCUT2D eigenvalue weighted by molar-refractivity contribution is -0.620. The highest BCUT2D eigenvalue weighted by Gasteiger charge is 2.20. The van der Waals surface area contributed by atoms with Gasteiger partial charge in [-0.05, 0) is 36.1 Å². The second-order valence-electron chi connectivity index (χ2n) is 4.85. The summed E-state index contributed by atoms with van der Waals surface area (Å²) in [6.07, 6.45) is 1.81. The summed E-state index contributed by atoms with van der Waals surface area (Å²) in [4.78, 5) is 0. The van der Waals surface area contributed by atoms with Crippen LogP contribution in [0.4, 0.5) is 0 Å². The van der Waals surface area contributed by atoms with E-state index in [4.69, 9.17) is 0 Å². The maximum absolute atomic E-state index is 4.12. The fourth-order valence-electron chi connectivity index (χ4n) is 2.54. The van der Waals surface area contributed by atoms with Gasteiger partial charge in [0.25, 0.3) is 0 Å². The maximum Gasteiger partial charge on any atom is 0.483 e. The van der Waals surface area contributed by atoms with E-state index in [1.807, 2.05) is 6.07 Å². The van der Waals surface area contributed by atoms with Crippen molar-refractivity contribution in [3.05, 3.63) is 53.9 Å². The fraction of sp³-hybridized carbons (Fsp3) is 0.250. The van der Waals surface area contributed by atoms with Crippen LogP contribution >= 0.6 is 0 Å². The van der Waals surface area contributed by atoms with Gasteiger partial charge in [-0.2, -0.15) is 4.57 Å². The molecule has 0 radical (unpaired) electrons. The average Bonchev–Trinajstić information content (AvgIpc) is 3.08. The Hall–Kier alpha value is -2.56. The second-order valence-corrected chi connectivity index (χ2v) is 4.85. The Balaban J connectivity index is 2.20. The lowest BCUT2D eigenvalue weighted by Crippen LogP contribution is -2.41. The van der Waals surface area contributed by atoms with E-state index >= 15 is 0 Å². The largest absolute Gasteiger partial charge is 0.483 e. The van der Waals surface area contributed by atoms with Gasteiger partial charge in [0.15, 0.2) is 0 Å². The van der Waals surface area contributed by atoms with Crippen LogP contribution in [0.2, 0.25) is 0 Å². The lowest BCUT2D eigenvalue weighted by Gasteiger charge is -2.11. The molecule has 21 heavy (non-hydrogen) atoms. The van der Waals surface area contributed by atoms with Crippen molar-refractivity contribution in [2.24, 2.45) is 0 Å². The number of H-pyrrole nitrogens is 1. The number of tetrazole rings is 1. The average molecular weight is 280 g/mol. The summed E-state index contributed by atoms with van der Waals surface area (Å²) in [5.74, 6) is 0.600. The quantitative estimate of drug-likeness (QED) is 0.746. The molecule has 106 valence electrons. The van der Waals surface area contributed by atoms with Crippen molar-refractivity contribution in [3.8, 4) is 17.1 Å². The Labute approximate surface area is 123 Å². The second kappa shape index (κ2) is 5.83. The fourth-order valence-corrected chi connectivity index (χ4v) is 2.54. The van der Waals surface area contributed by atoms with Gasteiger partial charge in [-0.1, -0.05) is 49.4 Å². The third-order valence-corrected chi connectivity index (χ3v) is 3.58. The van der Waals surface area contributed by atoms with Gasteiger partial charge in [0.1, 0.15) is 0 Å². The molecule has 0 saturated carbocycles. The van der Waals surface area contributed by atoms with Gasteiger partial charge < -0.3 is 0 Å². The van der Waals surface area contributed by atoms with Crippen LogP contribution in [-0.4, -0.2) is 20.6 Å². The molecule has 1 N–H and O–H groups in total. The first-order valence-electron chi connectivity index (χ1n) is 7.20. The minimum Gasteiger partial charge on any atom is -0.197 e. The highest BCUT2D eigenvalue weighted by Crippen LogP contribution is 2.21. The number of aryl methyl sites for hydroxylation is 2. The summed E-state index contributed by atoms with van der Waals surface area (Å²) >= 11 is 0. The molecule has 0 unspecified atom stereocenters. The van der Waals surface area contributed by atoms with Crippen molar-refractivity contribution in [3.63, 3.8) is 0 Å². The number of hydrogen-bond donors (Lipinski definition) is 1. The van der Waals surface area contributed by atoms with Crippen molar-refractivity contribution < 1.29 is 4.57 Å². The molecule has 0 fully saturated rings. The Morgan fingerprint density at radius 1 is 0.952 bits per heavy atom. The Morgan fingerprint density at radius 3 is 2.14 bits per heavy atom. The Bertz CT molecular complexity index is 695. The monoisotopic (exact) mass is 280 g/mol. The number of nitrogens with one attached hydrogen (secondary N) is 1. The van der Waals surface area contributed by atoms with Crippen molar-refractivity contribution in [2.45, 2.75) is 26.7 Å². The first-order valence-corrected chi connectivity index (χ1v) is 7.20. The van der Waals surface area contributed by atoms with E-state index in [0.29, 0.717) is 5.95 Å². The van der Waals surface area contributed by atoms with E-state index in [1.54, 1.807) is 0 Å². The Kier molecular flexibility index (Phi) is 3.73. The molecule has 2 heterocycles. The molecule has 2 aromatic heterocycles. The van der Waals surface area contributed by atoms with Crippen molar-refractivity contribution >= 4 is 0 Å². The van der Waals surface area contributed by atoms with Gasteiger partial charge in [-0.25, -0.2) is 0 Å². The summed E-state index contributed by atoms with van der Waals surface area (Å²) in [7, 11) is 0. The number of aromatic nitrogens is 5. The minimum atomic E-state index is 0.600. The molecular weight excluding hydrogens is 262 g/mol. The highest BCUT2D eigenvalue weighted by molar-refractivity contribution is 5.63. The predicted molar refractivity (Wildman–Crippen MR) is 79.9 cm³/mol. The molecule has 1 aromatic carbocycles. The van der Waals surface area contributed by atoms with E-state index < -0.39 is 0 Å². The molecule has 0 saturated heterocycles. The first kappa shape index (κ1) is 13.4. The topological polar surface area (TPSA) is 58.3 Å². The molecule has 3 aromatic rings. The molecular formula is C16H18N5+. The van der Waals surface area contributed by atoms with Crippen LogP contribution in [0.5, 0.6) is 0 Å². The van der Waals surface area contributed by atoms with Crippen molar-refractivity contribution in [1.29, 1.82) is 0 Å². The molecule has 3 rings (SSSR count). The number of benzene rings is 1. The normalized spacial score (nSPS) is 10.8. The summed E-state index contributed by atoms with van der Waals surface area (Å²) in [5.41, 5.74) is 4.80. The Morgan fingerprint density at radius 2 is 1.62 bits per heavy atom. The standard InChI is InChI=1S/C16H18N5/c1-3-14-10-13(12-8-6-5-7-9-12)11-15(4-2)21(14)16-17-19-20-18-16/h5-11H,3-4H2,1-2H3,(H,17,18,19,20)/q+1. The SMILES string of the molecule is CCc1cc(-c2ccccc2)cc(CC)[n+]1-c1nn[nH]n1. The summed E-state index contributed by atoms with van der Waals surface area (Å²) < 4.78 is 2.08. The van der Waals surface area contributed by atoms with Crippen LogP contribution < -0.4 is 4.57 Å². The summed E-state index contributed by atoms with van der Waals surface area (Å²) in [6, 6.07) is 14.8. The van der Waals surface area contributed by atoms with Gasteiger partial charge in [-0.3, -0.25) is 0 Å². The van der Waals surface area contributed by atoms with Gasteiger partial charge in [0, 0.05) is 10.3 Å². The van der Waals surface area contributed by atoms with Crippen LogP contribution in [0.1, 0.15) is 25.2 Å². The van der Waals surface area contributed by atoms with E-state index in [2.05, 4.69) is 75.4 Å². The molecule has 5 nitrogen and oxygen atoms in total. The summed E-state index contributed by atoms with van der Waals surface area (Å²) in [5, 5.41) is 14.4. The molecule has 0 atom stereocenters. The van der Waals surface area contributed by atoms with Crippen molar-refractivity contribution in [2.75, 3.05) is 0 Å². The zero-order chi connectivity index (χ0) is 14.7.